The SMILES string of the molecule is Cc1cc(F)cc(Nc2ccc(C(=O)O)o2)c1. The summed E-state index contributed by atoms with van der Waals surface area (Å²) in [5, 5.41) is 11.5. The zero-order valence-electron chi connectivity index (χ0n) is 9.03. The Morgan fingerprint density at radius 3 is 2.71 bits per heavy atom. The number of nitrogens with one attached hydrogen (secondary N) is 1. The number of hydrogen-bond donors (Lipinski definition) is 2. The van der Waals surface area contributed by atoms with Gasteiger partial charge in [-0.3, -0.25) is 0 Å². The van der Waals surface area contributed by atoms with Gasteiger partial charge in [-0.05, 0) is 36.8 Å². The number of carbonyl (C=O) groups is 1. The largest absolute Gasteiger partial charge is 0.475 e. The van der Waals surface area contributed by atoms with Gasteiger partial charge in [0.2, 0.25) is 5.76 Å². The molecule has 2 N–H and O–H groups in total. The van der Waals surface area contributed by atoms with Crippen LogP contribution >= 0.6 is 0 Å². The number of aromatic carboxylic acids is 1. The highest BCUT2D eigenvalue weighted by molar-refractivity contribution is 5.85. The second kappa shape index (κ2) is 4.29. The topological polar surface area (TPSA) is 62.5 Å². The van der Waals surface area contributed by atoms with Crippen molar-refractivity contribution in [2.45, 2.75) is 6.92 Å². The molecule has 0 radical (unpaired) electrons. The first-order valence-electron chi connectivity index (χ1n) is 4.92. The molecular formula is C12H10FNO3. The van der Waals surface area contributed by atoms with E-state index in [1.807, 2.05) is 0 Å². The molecule has 17 heavy (non-hydrogen) atoms. The van der Waals surface area contributed by atoms with E-state index in [0.29, 0.717) is 5.69 Å². The van der Waals surface area contributed by atoms with E-state index in [1.165, 1.54) is 24.3 Å². The number of benzene rings is 1. The third-order valence-electron chi connectivity index (χ3n) is 2.13. The Morgan fingerprint density at radius 1 is 1.35 bits per heavy atom. The first-order chi connectivity index (χ1) is 8.04. The van der Waals surface area contributed by atoms with Crippen molar-refractivity contribution in [1.29, 1.82) is 0 Å². The number of carboxylic acids is 1. The lowest BCUT2D eigenvalue weighted by molar-refractivity contribution is 0.0663. The number of aryl methyl sites for hydroxylation is 1. The summed E-state index contributed by atoms with van der Waals surface area (Å²) in [6.07, 6.45) is 0. The van der Waals surface area contributed by atoms with Crippen LogP contribution in [0.2, 0.25) is 0 Å². The summed E-state index contributed by atoms with van der Waals surface area (Å²) < 4.78 is 18.1. The van der Waals surface area contributed by atoms with Crippen molar-refractivity contribution in [3.8, 4) is 0 Å². The molecule has 0 bridgehead atoms. The molecule has 2 aromatic rings. The predicted octanol–water partition coefficient (Wildman–Crippen LogP) is 3.17. The van der Waals surface area contributed by atoms with Crippen molar-refractivity contribution in [2.24, 2.45) is 0 Å². The van der Waals surface area contributed by atoms with E-state index in [2.05, 4.69) is 5.32 Å². The molecular weight excluding hydrogens is 225 g/mol. The van der Waals surface area contributed by atoms with Crippen molar-refractivity contribution >= 4 is 17.5 Å². The normalized spacial score (nSPS) is 10.2. The number of anilines is 2. The van der Waals surface area contributed by atoms with Gasteiger partial charge in [0.15, 0.2) is 5.88 Å². The van der Waals surface area contributed by atoms with E-state index >= 15 is 0 Å². The second-order valence-corrected chi connectivity index (χ2v) is 3.61. The Hall–Kier alpha value is -2.30. The Kier molecular flexibility index (Phi) is 2.82. The summed E-state index contributed by atoms with van der Waals surface area (Å²) in [6.45, 7) is 1.76. The minimum atomic E-state index is -1.14. The lowest BCUT2D eigenvalue weighted by Crippen LogP contribution is -1.93. The molecule has 0 unspecified atom stereocenters. The van der Waals surface area contributed by atoms with Crippen LogP contribution in [0, 0.1) is 12.7 Å². The van der Waals surface area contributed by atoms with Crippen LogP contribution in [0.3, 0.4) is 0 Å². The fourth-order valence-corrected chi connectivity index (χ4v) is 1.47. The van der Waals surface area contributed by atoms with Gasteiger partial charge < -0.3 is 14.8 Å². The highest BCUT2D eigenvalue weighted by Crippen LogP contribution is 2.21. The molecule has 5 heteroatoms. The lowest BCUT2D eigenvalue weighted by Gasteiger charge is -2.04. The van der Waals surface area contributed by atoms with Gasteiger partial charge in [-0.2, -0.15) is 0 Å². The van der Waals surface area contributed by atoms with Gasteiger partial charge in [0.25, 0.3) is 0 Å². The number of hydrogen-bond acceptors (Lipinski definition) is 3. The molecule has 0 saturated carbocycles. The molecule has 0 spiro atoms. The van der Waals surface area contributed by atoms with Crippen molar-refractivity contribution in [2.75, 3.05) is 5.32 Å². The molecule has 1 aromatic heterocycles. The number of rotatable bonds is 3. The van der Waals surface area contributed by atoms with Crippen molar-refractivity contribution in [3.05, 3.63) is 47.5 Å². The fourth-order valence-electron chi connectivity index (χ4n) is 1.47. The molecule has 1 heterocycles. The maximum atomic E-state index is 13.1. The van der Waals surface area contributed by atoms with E-state index in [4.69, 9.17) is 9.52 Å². The van der Waals surface area contributed by atoms with Crippen molar-refractivity contribution in [3.63, 3.8) is 0 Å². The summed E-state index contributed by atoms with van der Waals surface area (Å²) >= 11 is 0. The molecule has 2 rings (SSSR count). The number of carboxylic acid groups (broad SMARTS) is 1. The van der Waals surface area contributed by atoms with Crippen LogP contribution in [-0.2, 0) is 0 Å². The van der Waals surface area contributed by atoms with E-state index in [0.717, 1.165) is 5.56 Å². The standard InChI is InChI=1S/C12H10FNO3/c1-7-4-8(13)6-9(5-7)14-11-3-2-10(17-11)12(15)16/h2-6,14H,1H3,(H,15,16). The van der Waals surface area contributed by atoms with E-state index in [9.17, 15) is 9.18 Å². The first kappa shape index (κ1) is 11.2. The average Bonchev–Trinajstić information content (AvgIpc) is 2.64. The van der Waals surface area contributed by atoms with Crippen LogP contribution in [0.5, 0.6) is 0 Å². The van der Waals surface area contributed by atoms with Crippen LogP contribution in [0.15, 0.2) is 34.7 Å². The molecule has 1 aromatic carbocycles. The second-order valence-electron chi connectivity index (χ2n) is 3.61. The molecule has 0 aliphatic rings. The Morgan fingerprint density at radius 2 is 2.12 bits per heavy atom. The van der Waals surface area contributed by atoms with Crippen molar-refractivity contribution in [1.82, 2.24) is 0 Å². The molecule has 0 saturated heterocycles. The molecule has 0 aliphatic carbocycles. The Bertz CT molecular complexity index is 542. The number of furan rings is 1. The van der Waals surface area contributed by atoms with Crippen LogP contribution in [0.25, 0.3) is 0 Å². The Labute approximate surface area is 96.7 Å². The first-order valence-corrected chi connectivity index (χ1v) is 4.92. The maximum absolute atomic E-state index is 13.1. The minimum absolute atomic E-state index is 0.166. The van der Waals surface area contributed by atoms with Crippen LogP contribution in [0.1, 0.15) is 16.1 Å². The highest BCUT2D eigenvalue weighted by atomic mass is 19.1. The van der Waals surface area contributed by atoms with Crippen LogP contribution in [0.4, 0.5) is 16.0 Å². The Balaban J connectivity index is 2.22. The lowest BCUT2D eigenvalue weighted by atomic mass is 10.2. The van der Waals surface area contributed by atoms with Gasteiger partial charge in [-0.15, -0.1) is 0 Å². The third kappa shape index (κ3) is 2.63. The monoisotopic (exact) mass is 235 g/mol. The smallest absolute Gasteiger partial charge is 0.371 e. The quantitative estimate of drug-likeness (QED) is 0.857. The highest BCUT2D eigenvalue weighted by Gasteiger charge is 2.09. The summed E-state index contributed by atoms with van der Waals surface area (Å²) in [4.78, 5) is 10.6. The molecule has 0 aliphatic heterocycles. The van der Waals surface area contributed by atoms with Gasteiger partial charge in [-0.1, -0.05) is 0 Å². The zero-order chi connectivity index (χ0) is 12.4. The molecule has 0 fully saturated rings. The molecule has 4 nitrogen and oxygen atoms in total. The zero-order valence-corrected chi connectivity index (χ0v) is 9.03. The fraction of sp³-hybridized carbons (Fsp3) is 0.0833. The van der Waals surface area contributed by atoms with Gasteiger partial charge in [0.05, 0.1) is 0 Å². The van der Waals surface area contributed by atoms with E-state index in [-0.39, 0.29) is 17.5 Å². The molecule has 0 atom stereocenters. The predicted molar refractivity (Wildman–Crippen MR) is 60.1 cm³/mol. The number of halogens is 1. The average molecular weight is 235 g/mol. The summed E-state index contributed by atoms with van der Waals surface area (Å²) in [5.74, 6) is -1.42. The summed E-state index contributed by atoms with van der Waals surface area (Å²) in [6, 6.07) is 7.23. The molecule has 88 valence electrons. The van der Waals surface area contributed by atoms with E-state index in [1.54, 1.807) is 13.0 Å². The van der Waals surface area contributed by atoms with E-state index < -0.39 is 5.97 Å². The molecule has 0 amide bonds. The van der Waals surface area contributed by atoms with Gasteiger partial charge in [0.1, 0.15) is 5.82 Å². The van der Waals surface area contributed by atoms with Crippen LogP contribution < -0.4 is 5.32 Å². The minimum Gasteiger partial charge on any atom is -0.475 e. The summed E-state index contributed by atoms with van der Waals surface area (Å²) in [7, 11) is 0. The van der Waals surface area contributed by atoms with Gasteiger partial charge in [0, 0.05) is 11.8 Å². The summed E-state index contributed by atoms with van der Waals surface area (Å²) in [5.41, 5.74) is 1.27. The maximum Gasteiger partial charge on any atom is 0.371 e. The third-order valence-corrected chi connectivity index (χ3v) is 2.13. The van der Waals surface area contributed by atoms with Gasteiger partial charge >= 0.3 is 5.97 Å². The van der Waals surface area contributed by atoms with Crippen molar-refractivity contribution < 1.29 is 18.7 Å². The van der Waals surface area contributed by atoms with Crippen LogP contribution in [-0.4, -0.2) is 11.1 Å². The van der Waals surface area contributed by atoms with Gasteiger partial charge in [-0.25, -0.2) is 9.18 Å².